The zero-order valence-electron chi connectivity index (χ0n) is 10.9. The van der Waals surface area contributed by atoms with Crippen LogP contribution in [0, 0.1) is 5.82 Å². The molecule has 2 aromatic rings. The summed E-state index contributed by atoms with van der Waals surface area (Å²) >= 11 is 3.22. The van der Waals surface area contributed by atoms with E-state index >= 15 is 0 Å². The third kappa shape index (κ3) is 3.43. The van der Waals surface area contributed by atoms with Gasteiger partial charge in [-0.2, -0.15) is 0 Å². The Balaban J connectivity index is 1.60. The van der Waals surface area contributed by atoms with Crippen LogP contribution in [0.1, 0.15) is 25.2 Å². The van der Waals surface area contributed by atoms with Crippen molar-refractivity contribution < 1.29 is 8.81 Å². The molecule has 0 radical (unpaired) electrons. The van der Waals surface area contributed by atoms with Crippen molar-refractivity contribution in [2.45, 2.75) is 31.7 Å². The van der Waals surface area contributed by atoms with Crippen LogP contribution in [-0.2, 0) is 6.42 Å². The molecule has 1 fully saturated rings. The van der Waals surface area contributed by atoms with Crippen LogP contribution in [0.5, 0.6) is 0 Å². The number of nitrogens with one attached hydrogen (secondary N) is 1. The van der Waals surface area contributed by atoms with Gasteiger partial charge in [-0.15, -0.1) is 10.2 Å². The van der Waals surface area contributed by atoms with Gasteiger partial charge in [0.15, 0.2) is 0 Å². The topological polar surface area (TPSA) is 51.0 Å². The van der Waals surface area contributed by atoms with Crippen molar-refractivity contribution in [1.82, 2.24) is 15.5 Å². The molecular formula is C14H15BrFN3O. The summed E-state index contributed by atoms with van der Waals surface area (Å²) in [6, 6.07) is 5.48. The fourth-order valence-electron chi connectivity index (χ4n) is 1.96. The van der Waals surface area contributed by atoms with Crippen LogP contribution in [0.3, 0.4) is 0 Å². The first kappa shape index (κ1) is 13.7. The smallest absolute Gasteiger partial charge is 0.250 e. The van der Waals surface area contributed by atoms with Gasteiger partial charge in [0.2, 0.25) is 5.89 Å². The monoisotopic (exact) mass is 339 g/mol. The van der Waals surface area contributed by atoms with Gasteiger partial charge in [-0.25, -0.2) is 4.39 Å². The van der Waals surface area contributed by atoms with Crippen LogP contribution in [0.15, 0.2) is 27.1 Å². The highest BCUT2D eigenvalue weighted by molar-refractivity contribution is 9.10. The third-order valence-corrected chi connectivity index (χ3v) is 3.70. The van der Waals surface area contributed by atoms with E-state index in [1.807, 2.05) is 0 Å². The van der Waals surface area contributed by atoms with E-state index in [0.29, 0.717) is 28.4 Å². The molecule has 20 heavy (non-hydrogen) atoms. The first-order valence-electron chi connectivity index (χ1n) is 6.73. The molecular weight excluding hydrogens is 325 g/mol. The molecule has 1 saturated carbocycles. The second kappa shape index (κ2) is 6.01. The van der Waals surface area contributed by atoms with Crippen molar-refractivity contribution in [3.8, 4) is 11.5 Å². The van der Waals surface area contributed by atoms with Crippen molar-refractivity contribution in [3.05, 3.63) is 34.4 Å². The number of benzene rings is 1. The Labute approximate surface area is 124 Å². The summed E-state index contributed by atoms with van der Waals surface area (Å²) in [5.74, 6) is 0.421. The summed E-state index contributed by atoms with van der Waals surface area (Å²) in [5, 5.41) is 11.3. The summed E-state index contributed by atoms with van der Waals surface area (Å²) < 4.78 is 20.0. The van der Waals surface area contributed by atoms with Gasteiger partial charge in [0, 0.05) is 16.9 Å². The molecule has 0 spiro atoms. The molecule has 4 nitrogen and oxygen atoms in total. The number of hydrogen-bond acceptors (Lipinski definition) is 4. The first-order valence-corrected chi connectivity index (χ1v) is 7.53. The molecule has 1 aliphatic carbocycles. The number of aromatic nitrogens is 2. The van der Waals surface area contributed by atoms with E-state index in [0.717, 1.165) is 13.0 Å². The molecule has 1 N–H and O–H groups in total. The normalized spacial score (nSPS) is 14.7. The predicted octanol–water partition coefficient (Wildman–Crippen LogP) is 3.32. The molecule has 0 unspecified atom stereocenters. The summed E-state index contributed by atoms with van der Waals surface area (Å²) in [6.07, 6.45) is 4.23. The maximum absolute atomic E-state index is 13.8. The lowest BCUT2D eigenvalue weighted by Gasteiger charge is -2.00. The molecule has 0 aliphatic heterocycles. The third-order valence-electron chi connectivity index (χ3n) is 3.21. The molecule has 1 aliphatic rings. The molecule has 0 amide bonds. The Morgan fingerprint density at radius 3 is 2.95 bits per heavy atom. The summed E-state index contributed by atoms with van der Waals surface area (Å²) in [6.45, 7) is 0.953. The fraction of sp³-hybridized carbons (Fsp3) is 0.429. The maximum atomic E-state index is 13.8. The van der Waals surface area contributed by atoms with Crippen LogP contribution in [0.25, 0.3) is 11.5 Å². The molecule has 0 saturated heterocycles. The minimum absolute atomic E-state index is 0.236. The van der Waals surface area contributed by atoms with Gasteiger partial charge in [-0.05, 0) is 44.0 Å². The van der Waals surface area contributed by atoms with Gasteiger partial charge in [0.25, 0.3) is 5.89 Å². The van der Waals surface area contributed by atoms with Crippen LogP contribution >= 0.6 is 15.9 Å². The maximum Gasteiger partial charge on any atom is 0.250 e. The van der Waals surface area contributed by atoms with Crippen molar-refractivity contribution in [2.24, 2.45) is 0 Å². The van der Waals surface area contributed by atoms with Crippen LogP contribution in [0.4, 0.5) is 4.39 Å². The lowest BCUT2D eigenvalue weighted by Crippen LogP contribution is -2.17. The molecule has 1 aromatic heterocycles. The van der Waals surface area contributed by atoms with Crippen LogP contribution in [-0.4, -0.2) is 22.8 Å². The molecule has 1 heterocycles. The zero-order chi connectivity index (χ0) is 13.9. The standard InChI is InChI=1S/C14H15BrFN3O/c15-9-3-6-11(12(16)8-9)14-19-18-13(20-14)2-1-7-17-10-4-5-10/h3,6,8,10,17H,1-2,4-5,7H2. The Bertz CT molecular complexity index is 598. The van der Waals surface area contributed by atoms with E-state index in [2.05, 4.69) is 31.4 Å². The van der Waals surface area contributed by atoms with E-state index in [9.17, 15) is 4.39 Å². The molecule has 106 valence electrons. The van der Waals surface area contributed by atoms with Gasteiger partial charge in [-0.3, -0.25) is 0 Å². The van der Waals surface area contributed by atoms with Crippen molar-refractivity contribution in [3.63, 3.8) is 0 Å². The van der Waals surface area contributed by atoms with Gasteiger partial charge >= 0.3 is 0 Å². The lowest BCUT2D eigenvalue weighted by atomic mass is 10.2. The van der Waals surface area contributed by atoms with Gasteiger partial charge in [0.05, 0.1) is 5.56 Å². The molecule has 6 heteroatoms. The largest absolute Gasteiger partial charge is 0.421 e. The van der Waals surface area contributed by atoms with Crippen molar-refractivity contribution in [1.29, 1.82) is 0 Å². The van der Waals surface area contributed by atoms with E-state index < -0.39 is 0 Å². The number of rotatable bonds is 6. The number of hydrogen-bond donors (Lipinski definition) is 1. The van der Waals surface area contributed by atoms with Crippen LogP contribution in [0.2, 0.25) is 0 Å². The van der Waals surface area contributed by atoms with E-state index in [-0.39, 0.29) is 11.7 Å². The molecule has 3 rings (SSSR count). The number of nitrogens with zero attached hydrogens (tertiary/aromatic N) is 2. The van der Waals surface area contributed by atoms with Gasteiger partial charge < -0.3 is 9.73 Å². The van der Waals surface area contributed by atoms with E-state index in [1.165, 1.54) is 18.9 Å². The highest BCUT2D eigenvalue weighted by Crippen LogP contribution is 2.24. The summed E-state index contributed by atoms with van der Waals surface area (Å²) in [4.78, 5) is 0. The van der Waals surface area contributed by atoms with Crippen molar-refractivity contribution in [2.75, 3.05) is 6.54 Å². The second-order valence-corrected chi connectivity index (χ2v) is 5.87. The summed E-state index contributed by atoms with van der Waals surface area (Å²) in [7, 11) is 0. The predicted molar refractivity (Wildman–Crippen MR) is 76.7 cm³/mol. The molecule has 0 atom stereocenters. The second-order valence-electron chi connectivity index (χ2n) is 4.96. The Kier molecular flexibility index (Phi) is 4.12. The SMILES string of the molecule is Fc1cc(Br)ccc1-c1nnc(CCCNC2CC2)o1. The highest BCUT2D eigenvalue weighted by atomic mass is 79.9. The summed E-state index contributed by atoms with van der Waals surface area (Å²) in [5.41, 5.74) is 0.336. The Morgan fingerprint density at radius 1 is 1.35 bits per heavy atom. The van der Waals surface area contributed by atoms with Gasteiger partial charge in [-0.1, -0.05) is 15.9 Å². The Hall–Kier alpha value is -1.27. The Morgan fingerprint density at radius 2 is 2.20 bits per heavy atom. The number of aryl methyl sites for hydroxylation is 1. The zero-order valence-corrected chi connectivity index (χ0v) is 12.5. The van der Waals surface area contributed by atoms with E-state index in [4.69, 9.17) is 4.42 Å². The highest BCUT2D eigenvalue weighted by Gasteiger charge is 2.19. The number of halogens is 2. The average Bonchev–Trinajstić information content (AvgIpc) is 3.13. The minimum Gasteiger partial charge on any atom is -0.421 e. The van der Waals surface area contributed by atoms with Crippen LogP contribution < -0.4 is 5.32 Å². The quantitative estimate of drug-likeness (QED) is 0.820. The molecule has 0 bridgehead atoms. The first-order chi connectivity index (χ1) is 9.72. The van der Waals surface area contributed by atoms with E-state index in [1.54, 1.807) is 12.1 Å². The lowest BCUT2D eigenvalue weighted by molar-refractivity contribution is 0.487. The molecule has 1 aromatic carbocycles. The fourth-order valence-corrected chi connectivity index (χ4v) is 2.29. The van der Waals surface area contributed by atoms with Gasteiger partial charge in [0.1, 0.15) is 5.82 Å². The average molecular weight is 340 g/mol. The van der Waals surface area contributed by atoms with Crippen molar-refractivity contribution >= 4 is 15.9 Å². The minimum atomic E-state index is -0.370.